The molecule has 0 spiro atoms. The van der Waals surface area contributed by atoms with Crippen LogP contribution in [0.5, 0.6) is 11.5 Å². The molecule has 0 bridgehead atoms. The van der Waals surface area contributed by atoms with Crippen LogP contribution in [-0.2, 0) is 11.2 Å². The fourth-order valence-electron chi connectivity index (χ4n) is 3.45. The molecule has 3 aromatic rings. The summed E-state index contributed by atoms with van der Waals surface area (Å²) in [4.78, 5) is 12.7. The summed E-state index contributed by atoms with van der Waals surface area (Å²) in [6.07, 6.45) is 1.03. The lowest BCUT2D eigenvalue weighted by molar-refractivity contribution is -0.120. The minimum absolute atomic E-state index is 0.153. The molecule has 2 N–H and O–H groups in total. The number of para-hydroxylation sites is 1. The molecule has 3 aromatic carbocycles. The predicted molar refractivity (Wildman–Crippen MR) is 142 cm³/mol. The van der Waals surface area contributed by atoms with Gasteiger partial charge in [-0.1, -0.05) is 62.4 Å². The number of carbonyl (C=O) groups excluding carboxylic acids is 1. The van der Waals surface area contributed by atoms with Crippen LogP contribution in [0, 0.1) is 5.92 Å². The van der Waals surface area contributed by atoms with Gasteiger partial charge < -0.3 is 20.1 Å². The van der Waals surface area contributed by atoms with Gasteiger partial charge in [0.15, 0.2) is 5.11 Å². The lowest BCUT2D eigenvalue weighted by Gasteiger charge is -2.15. The molecular weight excluding hydrogens is 444 g/mol. The summed E-state index contributed by atoms with van der Waals surface area (Å²) in [6.45, 7) is 7.11. The average molecular weight is 477 g/mol. The highest BCUT2D eigenvalue weighted by Gasteiger charge is 2.16. The second-order valence-corrected chi connectivity index (χ2v) is 8.95. The number of hydrogen-bond acceptors (Lipinski definition) is 4. The zero-order valence-corrected chi connectivity index (χ0v) is 20.7. The molecule has 3 rings (SSSR count). The number of benzene rings is 3. The van der Waals surface area contributed by atoms with E-state index in [2.05, 4.69) is 36.6 Å². The maximum absolute atomic E-state index is 12.7. The minimum atomic E-state index is -0.313. The van der Waals surface area contributed by atoms with Crippen molar-refractivity contribution in [1.29, 1.82) is 0 Å². The van der Waals surface area contributed by atoms with Crippen molar-refractivity contribution in [2.45, 2.75) is 33.1 Å². The maximum Gasteiger partial charge on any atom is 0.233 e. The van der Waals surface area contributed by atoms with Gasteiger partial charge in [-0.15, -0.1) is 0 Å². The molecule has 1 amide bonds. The van der Waals surface area contributed by atoms with E-state index < -0.39 is 0 Å². The number of carbonyl (C=O) groups is 1. The molecule has 0 aromatic heterocycles. The zero-order chi connectivity index (χ0) is 24.3. The molecule has 34 heavy (non-hydrogen) atoms. The molecule has 1 unspecified atom stereocenters. The molecule has 0 radical (unpaired) electrons. The van der Waals surface area contributed by atoms with Crippen molar-refractivity contribution in [1.82, 2.24) is 5.32 Å². The van der Waals surface area contributed by atoms with Crippen molar-refractivity contribution < 1.29 is 14.3 Å². The molecule has 0 saturated carbocycles. The number of ether oxygens (including phenoxy) is 2. The fraction of sp³-hybridized carbons (Fsp3) is 0.286. The Labute approximate surface area is 207 Å². The first-order valence-electron chi connectivity index (χ1n) is 11.5. The van der Waals surface area contributed by atoms with E-state index in [1.165, 1.54) is 5.56 Å². The topological polar surface area (TPSA) is 59.6 Å². The first-order chi connectivity index (χ1) is 16.4. The highest BCUT2D eigenvalue weighted by Crippen LogP contribution is 2.19. The Balaban J connectivity index is 1.46. The van der Waals surface area contributed by atoms with Gasteiger partial charge >= 0.3 is 0 Å². The number of hydrogen-bond donors (Lipinski definition) is 2. The summed E-state index contributed by atoms with van der Waals surface area (Å²) in [6, 6.07) is 25.2. The molecule has 0 heterocycles. The first kappa shape index (κ1) is 25.2. The largest absolute Gasteiger partial charge is 0.490 e. The SMILES string of the molecule is CC(C)Cc1ccc(C(C)C(=O)NC(=S)Nc2cccc(OCCOc3ccccc3)c2)cc1. The van der Waals surface area contributed by atoms with Crippen molar-refractivity contribution in [3.05, 3.63) is 90.0 Å². The van der Waals surface area contributed by atoms with Gasteiger partial charge in [-0.05, 0) is 66.9 Å². The van der Waals surface area contributed by atoms with Gasteiger partial charge in [-0.25, -0.2) is 0 Å². The Bertz CT molecular complexity index is 1070. The van der Waals surface area contributed by atoms with Crippen LogP contribution in [0.3, 0.4) is 0 Å². The smallest absolute Gasteiger partial charge is 0.233 e. The van der Waals surface area contributed by atoms with Crippen LogP contribution in [0.25, 0.3) is 0 Å². The Morgan fingerprint density at radius 3 is 2.18 bits per heavy atom. The fourth-order valence-corrected chi connectivity index (χ4v) is 3.67. The zero-order valence-electron chi connectivity index (χ0n) is 19.9. The summed E-state index contributed by atoms with van der Waals surface area (Å²) in [7, 11) is 0. The minimum Gasteiger partial charge on any atom is -0.490 e. The van der Waals surface area contributed by atoms with Crippen LogP contribution >= 0.6 is 12.2 Å². The van der Waals surface area contributed by atoms with Gasteiger partial charge in [0, 0.05) is 11.8 Å². The Morgan fingerprint density at radius 2 is 1.50 bits per heavy atom. The Hall–Kier alpha value is -3.38. The predicted octanol–water partition coefficient (Wildman–Crippen LogP) is 5.96. The molecule has 0 aliphatic heterocycles. The van der Waals surface area contributed by atoms with Gasteiger partial charge in [0.05, 0.1) is 5.92 Å². The van der Waals surface area contributed by atoms with E-state index >= 15 is 0 Å². The Morgan fingerprint density at radius 1 is 0.853 bits per heavy atom. The van der Waals surface area contributed by atoms with Crippen LogP contribution in [0.2, 0.25) is 0 Å². The quantitative estimate of drug-likeness (QED) is 0.279. The molecular formula is C28H32N2O3S. The molecule has 6 heteroatoms. The van der Waals surface area contributed by atoms with E-state index in [1.807, 2.05) is 73.7 Å². The average Bonchev–Trinajstić information content (AvgIpc) is 2.82. The van der Waals surface area contributed by atoms with E-state index in [4.69, 9.17) is 21.7 Å². The van der Waals surface area contributed by atoms with Crippen molar-refractivity contribution >= 4 is 28.9 Å². The standard InChI is InChI=1S/C28H32N2O3S/c1-20(2)18-22-12-14-23(15-13-22)21(3)27(31)30-28(34)29-24-8-7-11-26(19-24)33-17-16-32-25-9-5-4-6-10-25/h4-15,19-21H,16-18H2,1-3H3,(H2,29,30,31,34). The van der Waals surface area contributed by atoms with Gasteiger partial charge in [0.25, 0.3) is 0 Å². The summed E-state index contributed by atoms with van der Waals surface area (Å²) in [5, 5.41) is 6.09. The van der Waals surface area contributed by atoms with Crippen molar-refractivity contribution in [2.24, 2.45) is 5.92 Å². The summed E-state index contributed by atoms with van der Waals surface area (Å²) in [5.74, 6) is 1.63. The van der Waals surface area contributed by atoms with Crippen molar-refractivity contribution in [2.75, 3.05) is 18.5 Å². The normalized spacial score (nSPS) is 11.5. The third-order valence-electron chi connectivity index (χ3n) is 5.21. The van der Waals surface area contributed by atoms with Crippen LogP contribution in [0.4, 0.5) is 5.69 Å². The van der Waals surface area contributed by atoms with E-state index in [1.54, 1.807) is 0 Å². The number of anilines is 1. The number of nitrogens with one attached hydrogen (secondary N) is 2. The van der Waals surface area contributed by atoms with Crippen LogP contribution in [-0.4, -0.2) is 24.2 Å². The summed E-state index contributed by atoms with van der Waals surface area (Å²) < 4.78 is 11.4. The molecule has 178 valence electrons. The monoisotopic (exact) mass is 476 g/mol. The molecule has 5 nitrogen and oxygen atoms in total. The summed E-state index contributed by atoms with van der Waals surface area (Å²) >= 11 is 5.35. The van der Waals surface area contributed by atoms with Crippen molar-refractivity contribution in [3.63, 3.8) is 0 Å². The maximum atomic E-state index is 12.7. The lowest BCUT2D eigenvalue weighted by atomic mass is 9.96. The highest BCUT2D eigenvalue weighted by molar-refractivity contribution is 7.80. The number of amides is 1. The Kier molecular flexibility index (Phi) is 9.47. The second-order valence-electron chi connectivity index (χ2n) is 8.54. The van der Waals surface area contributed by atoms with E-state index in [0.29, 0.717) is 24.9 Å². The van der Waals surface area contributed by atoms with Gasteiger partial charge in [0.2, 0.25) is 5.91 Å². The van der Waals surface area contributed by atoms with E-state index in [9.17, 15) is 4.79 Å². The molecule has 0 aliphatic rings. The molecule has 1 atom stereocenters. The van der Waals surface area contributed by atoms with Crippen LogP contribution in [0.1, 0.15) is 37.8 Å². The number of rotatable bonds is 10. The molecule has 0 aliphatic carbocycles. The van der Waals surface area contributed by atoms with Gasteiger partial charge in [-0.2, -0.15) is 0 Å². The third kappa shape index (κ3) is 8.19. The highest BCUT2D eigenvalue weighted by atomic mass is 32.1. The van der Waals surface area contributed by atoms with E-state index in [-0.39, 0.29) is 16.9 Å². The third-order valence-corrected chi connectivity index (χ3v) is 5.41. The lowest BCUT2D eigenvalue weighted by Crippen LogP contribution is -2.36. The summed E-state index contributed by atoms with van der Waals surface area (Å²) in [5.41, 5.74) is 2.97. The van der Waals surface area contributed by atoms with Gasteiger partial charge in [-0.3, -0.25) is 4.79 Å². The van der Waals surface area contributed by atoms with Gasteiger partial charge in [0.1, 0.15) is 24.7 Å². The molecule has 0 fully saturated rings. The van der Waals surface area contributed by atoms with Crippen LogP contribution < -0.4 is 20.1 Å². The first-order valence-corrected chi connectivity index (χ1v) is 11.9. The van der Waals surface area contributed by atoms with Crippen molar-refractivity contribution in [3.8, 4) is 11.5 Å². The van der Waals surface area contributed by atoms with E-state index in [0.717, 1.165) is 23.4 Å². The molecule has 0 saturated heterocycles. The number of thiocarbonyl (C=S) groups is 1. The van der Waals surface area contributed by atoms with Crippen LogP contribution in [0.15, 0.2) is 78.9 Å². The second kappa shape index (κ2) is 12.8.